The molecule has 130 valence electrons. The van der Waals surface area contributed by atoms with Crippen molar-refractivity contribution in [2.24, 2.45) is 5.92 Å². The minimum atomic E-state index is -2.89. The molecule has 1 aromatic rings. The van der Waals surface area contributed by atoms with Crippen LogP contribution in [0.3, 0.4) is 0 Å². The van der Waals surface area contributed by atoms with Crippen molar-refractivity contribution in [2.75, 3.05) is 6.54 Å². The maximum absolute atomic E-state index is 12.4. The normalized spacial score (nSPS) is 21.9. The lowest BCUT2D eigenvalue weighted by atomic mass is 10.0. The summed E-state index contributed by atoms with van der Waals surface area (Å²) < 4.78 is 28.9. The first-order valence-electron chi connectivity index (χ1n) is 8.08. The van der Waals surface area contributed by atoms with Gasteiger partial charge < -0.3 is 15.0 Å². The first-order chi connectivity index (χ1) is 11.4. The van der Waals surface area contributed by atoms with E-state index in [0.717, 1.165) is 12.8 Å². The van der Waals surface area contributed by atoms with Gasteiger partial charge in [-0.05, 0) is 37.5 Å². The summed E-state index contributed by atoms with van der Waals surface area (Å²) in [5.74, 6) is -0.433. The number of ether oxygens (including phenoxy) is 1. The van der Waals surface area contributed by atoms with Crippen LogP contribution in [-0.2, 0) is 9.59 Å². The summed E-state index contributed by atoms with van der Waals surface area (Å²) in [6.07, 6.45) is 2.28. The second-order valence-electron chi connectivity index (χ2n) is 6.36. The van der Waals surface area contributed by atoms with Crippen LogP contribution in [0.25, 0.3) is 0 Å². The lowest BCUT2D eigenvalue weighted by Crippen LogP contribution is -2.35. The number of carbonyl (C=O) groups is 2. The summed E-state index contributed by atoms with van der Waals surface area (Å²) in [7, 11) is 0. The van der Waals surface area contributed by atoms with Crippen LogP contribution in [0.5, 0.6) is 5.75 Å². The summed E-state index contributed by atoms with van der Waals surface area (Å²) in [6.45, 7) is -0.645. The molecule has 3 rings (SSSR count). The fraction of sp³-hybridized carbons (Fsp3) is 0.529. The Hall–Kier alpha value is -2.18. The van der Waals surface area contributed by atoms with Gasteiger partial charge in [0, 0.05) is 19.0 Å². The average Bonchev–Trinajstić information content (AvgIpc) is 3.29. The molecule has 2 amide bonds. The predicted molar refractivity (Wildman–Crippen MR) is 82.5 cm³/mol. The van der Waals surface area contributed by atoms with Crippen molar-refractivity contribution in [1.29, 1.82) is 0 Å². The fourth-order valence-corrected chi connectivity index (χ4v) is 3.02. The summed E-state index contributed by atoms with van der Waals surface area (Å²) in [5, 5.41) is 2.86. The molecule has 1 heterocycles. The smallest absolute Gasteiger partial charge is 0.387 e. The Morgan fingerprint density at radius 3 is 2.79 bits per heavy atom. The highest BCUT2D eigenvalue weighted by Crippen LogP contribution is 2.33. The van der Waals surface area contributed by atoms with E-state index in [9.17, 15) is 18.4 Å². The Labute approximate surface area is 139 Å². The number of alkyl halides is 2. The molecule has 1 saturated heterocycles. The Balaban J connectivity index is 1.59. The first-order valence-corrected chi connectivity index (χ1v) is 8.08. The molecule has 0 radical (unpaired) electrons. The molecule has 0 spiro atoms. The van der Waals surface area contributed by atoms with Crippen molar-refractivity contribution in [3.63, 3.8) is 0 Å². The molecular formula is C17H20F2N2O3. The molecule has 2 aliphatic rings. The summed E-state index contributed by atoms with van der Waals surface area (Å²) >= 11 is 0. The summed E-state index contributed by atoms with van der Waals surface area (Å²) in [6, 6.07) is 6.21. The van der Waals surface area contributed by atoms with E-state index in [4.69, 9.17) is 0 Å². The number of amides is 2. The molecular weight excluding hydrogens is 318 g/mol. The van der Waals surface area contributed by atoms with Gasteiger partial charge in [-0.2, -0.15) is 8.78 Å². The average molecular weight is 338 g/mol. The Kier molecular flexibility index (Phi) is 4.69. The van der Waals surface area contributed by atoms with Gasteiger partial charge in [0.05, 0.1) is 12.0 Å². The van der Waals surface area contributed by atoms with Gasteiger partial charge in [-0.1, -0.05) is 12.1 Å². The third-order valence-electron chi connectivity index (χ3n) is 4.46. The first kappa shape index (κ1) is 16.7. The standard InChI is InChI=1S/C17H20F2N2O3/c1-10(11-3-2-4-14(7-11)24-17(18)19)20-16(23)12-8-15(22)21(9-12)13-5-6-13/h2-4,7,10,12-13,17H,5-6,8-9H2,1H3,(H,20,23)/t10-,12-/m1/s1. The molecule has 1 N–H and O–H groups in total. The summed E-state index contributed by atoms with van der Waals surface area (Å²) in [5.41, 5.74) is 0.671. The van der Waals surface area contributed by atoms with Gasteiger partial charge in [0.2, 0.25) is 11.8 Å². The molecule has 1 aliphatic heterocycles. The van der Waals surface area contributed by atoms with Gasteiger partial charge in [-0.15, -0.1) is 0 Å². The van der Waals surface area contributed by atoms with E-state index in [0.29, 0.717) is 18.2 Å². The number of hydrogen-bond acceptors (Lipinski definition) is 3. The zero-order valence-electron chi connectivity index (χ0n) is 13.4. The highest BCUT2D eigenvalue weighted by Gasteiger charge is 2.41. The Bertz CT molecular complexity index is 634. The largest absolute Gasteiger partial charge is 0.435 e. The van der Waals surface area contributed by atoms with E-state index in [1.807, 2.05) is 0 Å². The van der Waals surface area contributed by atoms with Crippen molar-refractivity contribution in [2.45, 2.75) is 44.9 Å². The van der Waals surface area contributed by atoms with Gasteiger partial charge >= 0.3 is 6.61 Å². The topological polar surface area (TPSA) is 58.6 Å². The second-order valence-corrected chi connectivity index (χ2v) is 6.36. The maximum Gasteiger partial charge on any atom is 0.387 e. The molecule has 0 aromatic heterocycles. The summed E-state index contributed by atoms with van der Waals surface area (Å²) in [4.78, 5) is 26.1. The van der Waals surface area contributed by atoms with E-state index in [1.54, 1.807) is 24.0 Å². The van der Waals surface area contributed by atoms with E-state index in [1.165, 1.54) is 12.1 Å². The van der Waals surface area contributed by atoms with Gasteiger partial charge in [0.15, 0.2) is 0 Å². The van der Waals surface area contributed by atoms with Crippen LogP contribution in [0, 0.1) is 5.92 Å². The third kappa shape index (κ3) is 3.83. The minimum Gasteiger partial charge on any atom is -0.435 e. The molecule has 2 atom stereocenters. The van der Waals surface area contributed by atoms with Crippen LogP contribution in [-0.4, -0.2) is 35.9 Å². The van der Waals surface area contributed by atoms with Crippen LogP contribution >= 0.6 is 0 Å². The van der Waals surface area contributed by atoms with Crippen LogP contribution in [0.4, 0.5) is 8.78 Å². The molecule has 24 heavy (non-hydrogen) atoms. The van der Waals surface area contributed by atoms with Gasteiger partial charge in [0.1, 0.15) is 5.75 Å². The van der Waals surface area contributed by atoms with Crippen LogP contribution in [0.2, 0.25) is 0 Å². The lowest BCUT2D eigenvalue weighted by Gasteiger charge is -2.19. The van der Waals surface area contributed by atoms with E-state index in [-0.39, 0.29) is 35.9 Å². The SMILES string of the molecule is C[C@@H](NC(=O)[C@@H]1CC(=O)N(C2CC2)C1)c1cccc(OC(F)F)c1. The van der Waals surface area contributed by atoms with E-state index >= 15 is 0 Å². The molecule has 0 bridgehead atoms. The molecule has 0 unspecified atom stereocenters. The van der Waals surface area contributed by atoms with E-state index < -0.39 is 6.61 Å². The molecule has 2 fully saturated rings. The van der Waals surface area contributed by atoms with Crippen molar-refractivity contribution in [3.8, 4) is 5.75 Å². The lowest BCUT2D eigenvalue weighted by molar-refractivity contribution is -0.129. The minimum absolute atomic E-state index is 0.0395. The van der Waals surface area contributed by atoms with Gasteiger partial charge in [-0.3, -0.25) is 9.59 Å². The number of likely N-dealkylation sites (tertiary alicyclic amines) is 1. The van der Waals surface area contributed by atoms with Gasteiger partial charge in [-0.25, -0.2) is 0 Å². The molecule has 1 aliphatic carbocycles. The number of nitrogens with zero attached hydrogens (tertiary/aromatic N) is 1. The monoisotopic (exact) mass is 338 g/mol. The van der Waals surface area contributed by atoms with E-state index in [2.05, 4.69) is 10.1 Å². The molecule has 1 saturated carbocycles. The third-order valence-corrected chi connectivity index (χ3v) is 4.46. The number of halogens is 2. The van der Waals surface area contributed by atoms with Crippen LogP contribution < -0.4 is 10.1 Å². The van der Waals surface area contributed by atoms with Crippen molar-refractivity contribution in [3.05, 3.63) is 29.8 Å². The number of nitrogens with one attached hydrogen (secondary N) is 1. The van der Waals surface area contributed by atoms with Gasteiger partial charge in [0.25, 0.3) is 0 Å². The van der Waals surface area contributed by atoms with Crippen LogP contribution in [0.15, 0.2) is 24.3 Å². The number of rotatable bonds is 6. The highest BCUT2D eigenvalue weighted by atomic mass is 19.3. The zero-order chi connectivity index (χ0) is 17.3. The maximum atomic E-state index is 12.4. The molecule has 7 heteroatoms. The predicted octanol–water partition coefficient (Wildman–Crippen LogP) is 2.48. The Morgan fingerprint density at radius 1 is 1.38 bits per heavy atom. The van der Waals surface area contributed by atoms with Crippen molar-refractivity contribution in [1.82, 2.24) is 10.2 Å². The van der Waals surface area contributed by atoms with Crippen LogP contribution in [0.1, 0.15) is 37.8 Å². The number of carbonyl (C=O) groups excluding carboxylic acids is 2. The number of benzene rings is 1. The quantitative estimate of drug-likeness (QED) is 0.867. The molecule has 5 nitrogen and oxygen atoms in total. The zero-order valence-corrected chi connectivity index (χ0v) is 13.4. The Morgan fingerprint density at radius 2 is 2.12 bits per heavy atom. The number of hydrogen-bond donors (Lipinski definition) is 1. The second kappa shape index (κ2) is 6.75. The highest BCUT2D eigenvalue weighted by molar-refractivity contribution is 5.89. The fourth-order valence-electron chi connectivity index (χ4n) is 3.02. The van der Waals surface area contributed by atoms with Crippen molar-refractivity contribution >= 4 is 11.8 Å². The van der Waals surface area contributed by atoms with Crippen molar-refractivity contribution < 1.29 is 23.1 Å². The molecule has 1 aromatic carbocycles.